The zero-order chi connectivity index (χ0) is 19.0. The van der Waals surface area contributed by atoms with Crippen molar-refractivity contribution in [1.29, 1.82) is 0 Å². The van der Waals surface area contributed by atoms with Crippen LogP contribution >= 0.6 is 0 Å². The van der Waals surface area contributed by atoms with Crippen LogP contribution in [0.25, 0.3) is 0 Å². The number of amides is 2. The molecule has 2 fully saturated rings. The van der Waals surface area contributed by atoms with E-state index in [-0.39, 0.29) is 23.9 Å². The number of Topliss-reactive ketones (excluding diaryl/α,β-unsaturated/α-hetero) is 1. The molecule has 0 radical (unpaired) electrons. The Hall–Kier alpha value is -2.89. The summed E-state index contributed by atoms with van der Waals surface area (Å²) in [6, 6.07) is 9.34. The van der Waals surface area contributed by atoms with Crippen molar-refractivity contribution in [3.8, 4) is 11.6 Å². The number of aryl methyl sites for hydroxylation is 1. The third-order valence-corrected chi connectivity index (χ3v) is 5.54. The Bertz CT molecular complexity index is 863. The molecule has 4 rings (SSSR count). The molecule has 140 valence electrons. The largest absolute Gasteiger partial charge is 0.439 e. The Morgan fingerprint density at radius 3 is 2.56 bits per heavy atom. The van der Waals surface area contributed by atoms with Crippen LogP contribution in [0.1, 0.15) is 36.8 Å². The number of ketones is 1. The molecule has 2 aliphatic heterocycles. The van der Waals surface area contributed by atoms with Gasteiger partial charge in [-0.05, 0) is 49.9 Å². The van der Waals surface area contributed by atoms with E-state index in [9.17, 15) is 9.59 Å². The fourth-order valence-corrected chi connectivity index (χ4v) is 3.95. The highest BCUT2D eigenvalue weighted by Gasteiger charge is 2.42. The van der Waals surface area contributed by atoms with Crippen molar-refractivity contribution in [2.24, 2.45) is 0 Å². The fraction of sp³-hybridized carbons (Fsp3) is 0.381. The zero-order valence-electron chi connectivity index (χ0n) is 15.6. The van der Waals surface area contributed by atoms with Crippen LogP contribution < -0.4 is 10.1 Å². The summed E-state index contributed by atoms with van der Waals surface area (Å²) in [5.74, 6) is 1.51. The predicted molar refractivity (Wildman–Crippen MR) is 102 cm³/mol. The minimum absolute atomic E-state index is 0.0381. The monoisotopic (exact) mass is 365 g/mol. The summed E-state index contributed by atoms with van der Waals surface area (Å²) >= 11 is 0. The summed E-state index contributed by atoms with van der Waals surface area (Å²) in [7, 11) is 0. The number of anilines is 1. The second kappa shape index (κ2) is 7.02. The van der Waals surface area contributed by atoms with Gasteiger partial charge in [0.2, 0.25) is 5.88 Å². The predicted octanol–water partition coefficient (Wildman–Crippen LogP) is 4.22. The lowest BCUT2D eigenvalue weighted by Crippen LogP contribution is -2.48. The molecular weight excluding hydrogens is 342 g/mol. The van der Waals surface area contributed by atoms with Crippen LogP contribution in [0.15, 0.2) is 36.5 Å². The molecule has 2 saturated heterocycles. The summed E-state index contributed by atoms with van der Waals surface area (Å²) in [6.45, 7) is 4.05. The van der Waals surface area contributed by atoms with Crippen molar-refractivity contribution >= 4 is 17.5 Å². The maximum Gasteiger partial charge on any atom is 0.322 e. The molecule has 2 unspecified atom stereocenters. The zero-order valence-corrected chi connectivity index (χ0v) is 15.6. The Kier molecular flexibility index (Phi) is 4.56. The van der Waals surface area contributed by atoms with Crippen molar-refractivity contribution in [1.82, 2.24) is 9.88 Å². The normalized spacial score (nSPS) is 21.3. The molecule has 2 aliphatic rings. The first-order valence-electron chi connectivity index (χ1n) is 9.32. The minimum Gasteiger partial charge on any atom is -0.439 e. The number of nitrogens with one attached hydrogen (secondary N) is 1. The van der Waals surface area contributed by atoms with Gasteiger partial charge in [-0.3, -0.25) is 4.79 Å². The summed E-state index contributed by atoms with van der Waals surface area (Å²) in [6.07, 6.45) is 4.36. The molecule has 1 N–H and O–H groups in total. The van der Waals surface area contributed by atoms with Gasteiger partial charge in [-0.15, -0.1) is 0 Å². The Morgan fingerprint density at radius 1 is 1.15 bits per heavy atom. The fourth-order valence-electron chi connectivity index (χ4n) is 3.95. The lowest BCUT2D eigenvalue weighted by Gasteiger charge is -2.33. The standard InChI is InChI=1S/C21H23N3O3/c1-13-4-3-5-19(14(13)2)27-20-9-6-15(12-22-20)23-21(26)24-16-7-8-17(24)11-18(25)10-16/h3-6,9,12,16-17H,7-8,10-11H2,1-2H3,(H,23,26). The van der Waals surface area contributed by atoms with Gasteiger partial charge < -0.3 is 15.0 Å². The maximum atomic E-state index is 12.6. The lowest BCUT2D eigenvalue weighted by atomic mass is 10.0. The smallest absolute Gasteiger partial charge is 0.322 e. The van der Waals surface area contributed by atoms with E-state index in [4.69, 9.17) is 4.74 Å². The highest BCUT2D eigenvalue weighted by atomic mass is 16.5. The van der Waals surface area contributed by atoms with E-state index in [2.05, 4.69) is 10.3 Å². The highest BCUT2D eigenvalue weighted by molar-refractivity contribution is 5.92. The van der Waals surface area contributed by atoms with Gasteiger partial charge in [0.25, 0.3) is 0 Å². The van der Waals surface area contributed by atoms with Gasteiger partial charge in [0, 0.05) is 31.0 Å². The van der Waals surface area contributed by atoms with Crippen molar-refractivity contribution in [2.45, 2.75) is 51.6 Å². The number of urea groups is 1. The van der Waals surface area contributed by atoms with E-state index in [0.29, 0.717) is 24.4 Å². The number of benzene rings is 1. The SMILES string of the molecule is Cc1cccc(Oc2ccc(NC(=O)N3C4CCC3CC(=O)C4)cn2)c1C. The first-order chi connectivity index (χ1) is 13.0. The van der Waals surface area contributed by atoms with Gasteiger partial charge >= 0.3 is 6.03 Å². The van der Waals surface area contributed by atoms with Crippen LogP contribution in [0.5, 0.6) is 11.6 Å². The van der Waals surface area contributed by atoms with Crippen LogP contribution in [0.4, 0.5) is 10.5 Å². The number of ether oxygens (including phenoxy) is 1. The maximum absolute atomic E-state index is 12.6. The van der Waals surface area contributed by atoms with Gasteiger partial charge in [-0.2, -0.15) is 0 Å². The van der Waals surface area contributed by atoms with E-state index in [1.165, 1.54) is 0 Å². The first kappa shape index (κ1) is 17.5. The molecule has 6 heteroatoms. The van der Waals surface area contributed by atoms with Crippen LogP contribution in [-0.4, -0.2) is 33.8 Å². The summed E-state index contributed by atoms with van der Waals surface area (Å²) in [5, 5.41) is 2.90. The van der Waals surface area contributed by atoms with E-state index in [1.54, 1.807) is 18.3 Å². The number of fused-ring (bicyclic) bond motifs is 2. The summed E-state index contributed by atoms with van der Waals surface area (Å²) in [4.78, 5) is 30.5. The molecule has 2 bridgehead atoms. The second-order valence-corrected chi connectivity index (χ2v) is 7.35. The van der Waals surface area contributed by atoms with Gasteiger partial charge in [0.05, 0.1) is 11.9 Å². The molecule has 2 amide bonds. The van der Waals surface area contributed by atoms with Crippen molar-refractivity contribution < 1.29 is 14.3 Å². The number of pyridine rings is 1. The summed E-state index contributed by atoms with van der Waals surface area (Å²) in [5.41, 5.74) is 2.85. The Balaban J connectivity index is 1.41. The van der Waals surface area contributed by atoms with Crippen molar-refractivity contribution in [2.75, 3.05) is 5.32 Å². The number of piperidine rings is 1. The number of carbonyl (C=O) groups excluding carboxylic acids is 2. The van der Waals surface area contributed by atoms with E-state index < -0.39 is 0 Å². The average Bonchev–Trinajstić information content (AvgIpc) is 2.92. The third-order valence-electron chi connectivity index (χ3n) is 5.54. The van der Waals surface area contributed by atoms with Crippen molar-refractivity contribution in [3.05, 3.63) is 47.7 Å². The van der Waals surface area contributed by atoms with Crippen LogP contribution in [0, 0.1) is 13.8 Å². The average molecular weight is 365 g/mol. The Labute approximate surface area is 158 Å². The number of nitrogens with zero attached hydrogens (tertiary/aromatic N) is 2. The van der Waals surface area contributed by atoms with Gasteiger partial charge in [0.15, 0.2) is 0 Å². The second-order valence-electron chi connectivity index (χ2n) is 7.35. The van der Waals surface area contributed by atoms with E-state index in [1.807, 2.05) is 36.9 Å². The van der Waals surface area contributed by atoms with Gasteiger partial charge in [0.1, 0.15) is 11.5 Å². The molecule has 0 saturated carbocycles. The van der Waals surface area contributed by atoms with Crippen molar-refractivity contribution in [3.63, 3.8) is 0 Å². The number of hydrogen-bond acceptors (Lipinski definition) is 4. The third kappa shape index (κ3) is 3.52. The quantitative estimate of drug-likeness (QED) is 0.884. The minimum atomic E-state index is -0.153. The number of carbonyl (C=O) groups is 2. The molecule has 2 atom stereocenters. The molecular formula is C21H23N3O3. The molecule has 0 spiro atoms. The van der Waals surface area contributed by atoms with Crippen LogP contribution in [0.2, 0.25) is 0 Å². The molecule has 1 aromatic heterocycles. The molecule has 1 aromatic carbocycles. The molecule has 2 aromatic rings. The molecule has 6 nitrogen and oxygen atoms in total. The van der Waals surface area contributed by atoms with Gasteiger partial charge in [-0.1, -0.05) is 12.1 Å². The van der Waals surface area contributed by atoms with E-state index >= 15 is 0 Å². The van der Waals surface area contributed by atoms with Crippen LogP contribution in [0.3, 0.4) is 0 Å². The number of aromatic nitrogens is 1. The molecule has 0 aliphatic carbocycles. The topological polar surface area (TPSA) is 71.5 Å². The van der Waals surface area contributed by atoms with Gasteiger partial charge in [-0.25, -0.2) is 9.78 Å². The highest BCUT2D eigenvalue weighted by Crippen LogP contribution is 2.34. The number of hydrogen-bond donors (Lipinski definition) is 1. The molecule has 27 heavy (non-hydrogen) atoms. The molecule has 3 heterocycles. The first-order valence-corrected chi connectivity index (χ1v) is 9.32. The lowest BCUT2D eigenvalue weighted by molar-refractivity contribution is -0.122. The number of rotatable bonds is 3. The van der Waals surface area contributed by atoms with Crippen LogP contribution in [-0.2, 0) is 4.79 Å². The summed E-state index contributed by atoms with van der Waals surface area (Å²) < 4.78 is 5.85. The van der Waals surface area contributed by atoms with E-state index in [0.717, 1.165) is 29.7 Å². The Morgan fingerprint density at radius 2 is 1.89 bits per heavy atom.